The Hall–Kier alpha value is -5.04. The molecule has 3 aromatic carbocycles. The van der Waals surface area contributed by atoms with Gasteiger partial charge in [-0.05, 0) is 36.8 Å². The first-order valence-corrected chi connectivity index (χ1v) is 10.9. The van der Waals surface area contributed by atoms with Gasteiger partial charge in [0.05, 0.1) is 17.4 Å². The number of nitrogens with two attached hydrogens (primary N) is 1. The van der Waals surface area contributed by atoms with Crippen LogP contribution in [0, 0.1) is 21.4 Å². The molecular formula is C26H21N3O7. The number of nitriles is 1. The predicted octanol–water partition coefficient (Wildman–Crippen LogP) is 4.20. The van der Waals surface area contributed by atoms with E-state index in [4.69, 9.17) is 24.7 Å². The van der Waals surface area contributed by atoms with E-state index >= 15 is 0 Å². The standard InChI is InChI=1S/C26H21N3O7/c1-2-33-17-7-5-6-16(12-17)25-19-11-10-18(13-23(19)36-26(28)20(25)14-27)35-24(30)15-34-22-9-4-3-8-21(22)29(31)32/h3-13,25H,2,15,28H2,1H3. The molecule has 1 aliphatic rings. The van der Waals surface area contributed by atoms with Crippen molar-refractivity contribution in [2.24, 2.45) is 5.73 Å². The maximum Gasteiger partial charge on any atom is 0.349 e. The van der Waals surface area contributed by atoms with Crippen LogP contribution < -0.4 is 24.7 Å². The molecule has 182 valence electrons. The molecule has 0 amide bonds. The first-order valence-electron chi connectivity index (χ1n) is 10.9. The zero-order valence-electron chi connectivity index (χ0n) is 19.2. The summed E-state index contributed by atoms with van der Waals surface area (Å²) in [5.41, 5.74) is 7.48. The average molecular weight is 487 g/mol. The quantitative estimate of drug-likeness (QED) is 0.214. The number of hydrogen-bond donors (Lipinski definition) is 1. The largest absolute Gasteiger partial charge is 0.494 e. The van der Waals surface area contributed by atoms with Gasteiger partial charge in [0, 0.05) is 17.7 Å². The highest BCUT2D eigenvalue weighted by molar-refractivity contribution is 5.74. The fourth-order valence-corrected chi connectivity index (χ4v) is 3.82. The van der Waals surface area contributed by atoms with Crippen LogP contribution >= 0.6 is 0 Å². The van der Waals surface area contributed by atoms with Crippen LogP contribution in [0.3, 0.4) is 0 Å². The molecule has 10 heteroatoms. The number of hydrogen-bond acceptors (Lipinski definition) is 9. The van der Waals surface area contributed by atoms with Gasteiger partial charge < -0.3 is 24.7 Å². The molecule has 1 heterocycles. The van der Waals surface area contributed by atoms with Gasteiger partial charge >= 0.3 is 11.7 Å². The number of nitro benzene ring substituents is 1. The molecule has 1 atom stereocenters. The number of rotatable bonds is 8. The number of ether oxygens (including phenoxy) is 4. The number of nitrogens with zero attached hydrogens (tertiary/aromatic N) is 2. The van der Waals surface area contributed by atoms with Crippen molar-refractivity contribution in [3.8, 4) is 29.1 Å². The summed E-state index contributed by atoms with van der Waals surface area (Å²) in [5, 5.41) is 20.8. The highest BCUT2D eigenvalue weighted by Crippen LogP contribution is 2.44. The summed E-state index contributed by atoms with van der Waals surface area (Å²) in [7, 11) is 0. The van der Waals surface area contributed by atoms with Crippen LogP contribution in [0.15, 0.2) is 78.2 Å². The summed E-state index contributed by atoms with van der Waals surface area (Å²) in [6.07, 6.45) is 0. The van der Waals surface area contributed by atoms with Gasteiger partial charge in [-0.15, -0.1) is 0 Å². The fourth-order valence-electron chi connectivity index (χ4n) is 3.82. The Kier molecular flexibility index (Phi) is 7.02. The summed E-state index contributed by atoms with van der Waals surface area (Å²) in [6, 6.07) is 19.9. The molecule has 0 spiro atoms. The number of allylic oxidation sites excluding steroid dienone is 1. The predicted molar refractivity (Wildman–Crippen MR) is 128 cm³/mol. The number of fused-ring (bicyclic) bond motifs is 1. The molecule has 36 heavy (non-hydrogen) atoms. The molecule has 3 aromatic rings. The van der Waals surface area contributed by atoms with Gasteiger partial charge in [0.2, 0.25) is 5.88 Å². The van der Waals surface area contributed by atoms with Crippen molar-refractivity contribution < 1.29 is 28.7 Å². The van der Waals surface area contributed by atoms with Crippen LogP contribution in [0.1, 0.15) is 24.0 Å². The summed E-state index contributed by atoms with van der Waals surface area (Å²) >= 11 is 0. The molecule has 0 bridgehead atoms. The highest BCUT2D eigenvalue weighted by Gasteiger charge is 2.31. The van der Waals surface area contributed by atoms with Gasteiger partial charge in [0.25, 0.3) is 0 Å². The number of esters is 1. The number of carbonyl (C=O) groups excluding carboxylic acids is 1. The van der Waals surface area contributed by atoms with Crippen molar-refractivity contribution in [2.45, 2.75) is 12.8 Å². The van der Waals surface area contributed by atoms with Gasteiger partial charge in [0.1, 0.15) is 28.9 Å². The monoisotopic (exact) mass is 487 g/mol. The third-order valence-electron chi connectivity index (χ3n) is 5.33. The lowest BCUT2D eigenvalue weighted by atomic mass is 9.83. The zero-order chi connectivity index (χ0) is 25.7. The maximum atomic E-state index is 12.3. The van der Waals surface area contributed by atoms with Gasteiger partial charge in [-0.25, -0.2) is 4.79 Å². The van der Waals surface area contributed by atoms with E-state index in [0.29, 0.717) is 23.7 Å². The molecule has 4 rings (SSSR count). The van der Waals surface area contributed by atoms with Crippen LogP contribution in [0.25, 0.3) is 0 Å². The van der Waals surface area contributed by atoms with Gasteiger partial charge in [-0.2, -0.15) is 5.26 Å². The van der Waals surface area contributed by atoms with E-state index in [0.717, 1.165) is 5.56 Å². The fraction of sp³-hybridized carbons (Fsp3) is 0.154. The Morgan fingerprint density at radius 2 is 1.92 bits per heavy atom. The van der Waals surface area contributed by atoms with E-state index in [1.165, 1.54) is 24.3 Å². The summed E-state index contributed by atoms with van der Waals surface area (Å²) < 4.78 is 21.9. The minimum atomic E-state index is -0.772. The van der Waals surface area contributed by atoms with Gasteiger partial charge in [-0.1, -0.05) is 30.3 Å². The topological polar surface area (TPSA) is 147 Å². The third kappa shape index (κ3) is 5.05. The van der Waals surface area contributed by atoms with Crippen molar-refractivity contribution in [1.82, 2.24) is 0 Å². The maximum absolute atomic E-state index is 12.3. The average Bonchev–Trinajstić information content (AvgIpc) is 2.87. The second kappa shape index (κ2) is 10.5. The molecule has 1 unspecified atom stereocenters. The van der Waals surface area contributed by atoms with Crippen molar-refractivity contribution in [3.63, 3.8) is 0 Å². The lowest BCUT2D eigenvalue weighted by Crippen LogP contribution is -2.22. The molecule has 0 saturated heterocycles. The highest BCUT2D eigenvalue weighted by atomic mass is 16.6. The molecule has 10 nitrogen and oxygen atoms in total. The normalized spacial score (nSPS) is 14.2. The van der Waals surface area contributed by atoms with E-state index in [2.05, 4.69) is 6.07 Å². The van der Waals surface area contributed by atoms with Crippen LogP contribution in [-0.4, -0.2) is 24.1 Å². The lowest BCUT2D eigenvalue weighted by molar-refractivity contribution is -0.385. The second-order valence-electron chi connectivity index (χ2n) is 7.62. The number of carbonyl (C=O) groups is 1. The number of para-hydroxylation sites is 2. The van der Waals surface area contributed by atoms with Gasteiger partial charge in [0.15, 0.2) is 12.4 Å². The zero-order valence-corrected chi connectivity index (χ0v) is 19.2. The molecule has 0 radical (unpaired) electrons. The molecule has 0 aliphatic carbocycles. The van der Waals surface area contributed by atoms with Crippen molar-refractivity contribution >= 4 is 11.7 Å². The van der Waals surface area contributed by atoms with Crippen LogP contribution in [-0.2, 0) is 4.79 Å². The first kappa shape index (κ1) is 24.1. The van der Waals surface area contributed by atoms with Crippen LogP contribution in [0.4, 0.5) is 5.69 Å². The molecule has 2 N–H and O–H groups in total. The Morgan fingerprint density at radius 1 is 1.11 bits per heavy atom. The van der Waals surface area contributed by atoms with Crippen LogP contribution in [0.2, 0.25) is 0 Å². The SMILES string of the molecule is CCOc1cccc(C2C(C#N)=C(N)Oc3cc(OC(=O)COc4ccccc4[N+](=O)[O-])ccc32)c1. The lowest BCUT2D eigenvalue weighted by Gasteiger charge is -2.27. The van der Waals surface area contributed by atoms with E-state index in [1.807, 2.05) is 31.2 Å². The Morgan fingerprint density at radius 3 is 2.67 bits per heavy atom. The van der Waals surface area contributed by atoms with E-state index in [-0.39, 0.29) is 28.6 Å². The Balaban J connectivity index is 1.55. The Bertz CT molecular complexity index is 1390. The van der Waals surface area contributed by atoms with Crippen molar-refractivity contribution in [3.05, 3.63) is 99.4 Å². The molecule has 1 aliphatic heterocycles. The molecule has 0 fully saturated rings. The number of nitro groups is 1. The van der Waals surface area contributed by atoms with E-state index in [9.17, 15) is 20.2 Å². The van der Waals surface area contributed by atoms with E-state index < -0.39 is 23.4 Å². The number of benzene rings is 3. The third-order valence-corrected chi connectivity index (χ3v) is 5.33. The summed E-state index contributed by atoms with van der Waals surface area (Å²) in [5.74, 6) is -0.254. The minimum absolute atomic E-state index is 0.0488. The molecule has 0 aromatic heterocycles. The summed E-state index contributed by atoms with van der Waals surface area (Å²) in [6.45, 7) is 1.83. The van der Waals surface area contributed by atoms with Crippen molar-refractivity contribution in [1.29, 1.82) is 5.26 Å². The van der Waals surface area contributed by atoms with Gasteiger partial charge in [-0.3, -0.25) is 10.1 Å². The van der Waals surface area contributed by atoms with E-state index in [1.54, 1.807) is 18.2 Å². The molecular weight excluding hydrogens is 466 g/mol. The van der Waals surface area contributed by atoms with Crippen molar-refractivity contribution in [2.75, 3.05) is 13.2 Å². The summed E-state index contributed by atoms with van der Waals surface area (Å²) in [4.78, 5) is 22.8. The minimum Gasteiger partial charge on any atom is -0.494 e. The smallest absolute Gasteiger partial charge is 0.349 e. The van der Waals surface area contributed by atoms with Crippen LogP contribution in [0.5, 0.6) is 23.0 Å². The second-order valence-corrected chi connectivity index (χ2v) is 7.62. The first-order chi connectivity index (χ1) is 17.4. The Labute approximate surface area is 206 Å². The molecule has 0 saturated carbocycles.